The molecular formula is C15H16O5. The van der Waals surface area contributed by atoms with Crippen molar-refractivity contribution in [3.05, 3.63) is 28.8 Å². The van der Waals surface area contributed by atoms with E-state index in [0.717, 1.165) is 5.56 Å². The minimum absolute atomic E-state index is 0.251. The van der Waals surface area contributed by atoms with Gasteiger partial charge in [0.25, 0.3) is 0 Å². The van der Waals surface area contributed by atoms with Crippen molar-refractivity contribution in [2.75, 3.05) is 0 Å². The first-order valence-electron chi connectivity index (χ1n) is 6.65. The van der Waals surface area contributed by atoms with E-state index >= 15 is 0 Å². The van der Waals surface area contributed by atoms with E-state index in [9.17, 15) is 14.7 Å². The third kappa shape index (κ3) is 1.66. The second-order valence-corrected chi connectivity index (χ2v) is 5.72. The van der Waals surface area contributed by atoms with Crippen LogP contribution in [0.25, 0.3) is 0 Å². The lowest BCUT2D eigenvalue weighted by molar-refractivity contribution is -0.0143. The van der Waals surface area contributed by atoms with Gasteiger partial charge >= 0.3 is 5.97 Å². The molecule has 106 valence electrons. The van der Waals surface area contributed by atoms with Gasteiger partial charge in [-0.1, -0.05) is 13.0 Å². The van der Waals surface area contributed by atoms with Gasteiger partial charge < -0.3 is 14.6 Å². The Bertz CT molecular complexity index is 611. The number of Topliss-reactive ketones (excluding diaryl/α,β-unsaturated/α-hetero) is 1. The first kappa shape index (κ1) is 13.1. The topological polar surface area (TPSA) is 72.8 Å². The Labute approximate surface area is 116 Å². The van der Waals surface area contributed by atoms with E-state index in [0.29, 0.717) is 17.5 Å². The summed E-state index contributed by atoms with van der Waals surface area (Å²) >= 11 is 0. The molecule has 2 heterocycles. The van der Waals surface area contributed by atoms with Crippen molar-refractivity contribution in [3.63, 3.8) is 0 Å². The normalized spacial score (nSPS) is 24.2. The molecule has 0 saturated heterocycles. The van der Waals surface area contributed by atoms with Crippen LogP contribution >= 0.6 is 0 Å². The second-order valence-electron chi connectivity index (χ2n) is 5.72. The highest BCUT2D eigenvalue weighted by Crippen LogP contribution is 2.44. The maximum Gasteiger partial charge on any atom is 0.342 e. The molecule has 0 fully saturated rings. The summed E-state index contributed by atoms with van der Waals surface area (Å²) in [6, 6.07) is 3.38. The van der Waals surface area contributed by atoms with Gasteiger partial charge in [0.15, 0.2) is 6.10 Å². The average molecular weight is 276 g/mol. The summed E-state index contributed by atoms with van der Waals surface area (Å²) in [7, 11) is 0. The molecule has 0 aliphatic carbocycles. The van der Waals surface area contributed by atoms with Gasteiger partial charge in [0.1, 0.15) is 23.0 Å². The van der Waals surface area contributed by atoms with E-state index < -0.39 is 17.7 Å². The highest BCUT2D eigenvalue weighted by atomic mass is 16.6. The summed E-state index contributed by atoms with van der Waals surface area (Å²) < 4.78 is 10.9. The first-order valence-corrected chi connectivity index (χ1v) is 6.65. The van der Waals surface area contributed by atoms with Crippen LogP contribution in [0.3, 0.4) is 0 Å². The Morgan fingerprint density at radius 3 is 2.55 bits per heavy atom. The fourth-order valence-electron chi connectivity index (χ4n) is 2.73. The van der Waals surface area contributed by atoms with E-state index in [1.807, 2.05) is 6.92 Å². The maximum atomic E-state index is 12.3. The van der Waals surface area contributed by atoms with Gasteiger partial charge in [0.05, 0.1) is 5.56 Å². The van der Waals surface area contributed by atoms with Gasteiger partial charge in [0.2, 0.25) is 5.78 Å². The zero-order valence-corrected chi connectivity index (χ0v) is 11.6. The molecule has 0 radical (unpaired) electrons. The number of ether oxygens (including phenoxy) is 2. The summed E-state index contributed by atoms with van der Waals surface area (Å²) in [4.78, 5) is 24.2. The molecule has 1 aromatic carbocycles. The molecule has 1 N–H and O–H groups in total. The standard InChI is InChI=1S/C15H16O5/c1-4-9-7-5-6-8-11(16)13(15(2,3)18)20-12(8)10(7)14(17)19-9/h5-6,9,13,18H,4H2,1-3H3. The van der Waals surface area contributed by atoms with E-state index in [-0.39, 0.29) is 17.6 Å². The number of cyclic esters (lactones) is 1. The van der Waals surface area contributed by atoms with Crippen molar-refractivity contribution >= 4 is 11.8 Å². The molecule has 5 nitrogen and oxygen atoms in total. The molecule has 0 saturated carbocycles. The molecule has 0 bridgehead atoms. The molecule has 0 amide bonds. The van der Waals surface area contributed by atoms with Crippen LogP contribution in [-0.2, 0) is 4.74 Å². The van der Waals surface area contributed by atoms with Crippen molar-refractivity contribution in [3.8, 4) is 5.75 Å². The number of ketones is 1. The fourth-order valence-corrected chi connectivity index (χ4v) is 2.73. The number of benzene rings is 1. The van der Waals surface area contributed by atoms with Crippen LogP contribution in [-0.4, -0.2) is 28.6 Å². The van der Waals surface area contributed by atoms with Crippen molar-refractivity contribution in [2.45, 2.75) is 45.0 Å². The zero-order valence-electron chi connectivity index (χ0n) is 11.6. The average Bonchev–Trinajstić information content (AvgIpc) is 2.87. The number of carbonyl (C=O) groups is 2. The molecule has 2 aliphatic rings. The van der Waals surface area contributed by atoms with Crippen molar-refractivity contribution < 1.29 is 24.2 Å². The third-order valence-corrected chi connectivity index (χ3v) is 3.74. The van der Waals surface area contributed by atoms with Crippen LogP contribution in [0.1, 0.15) is 59.6 Å². The predicted molar refractivity (Wildman–Crippen MR) is 69.9 cm³/mol. The Morgan fingerprint density at radius 1 is 1.25 bits per heavy atom. The van der Waals surface area contributed by atoms with Crippen molar-refractivity contribution in [1.29, 1.82) is 0 Å². The summed E-state index contributed by atoms with van der Waals surface area (Å²) in [6.45, 7) is 4.94. The Balaban J connectivity index is 2.13. The zero-order chi connectivity index (χ0) is 14.7. The molecule has 2 unspecified atom stereocenters. The highest BCUT2D eigenvalue weighted by molar-refractivity contribution is 6.10. The van der Waals surface area contributed by atoms with Gasteiger partial charge in [-0.2, -0.15) is 0 Å². The largest absolute Gasteiger partial charge is 0.478 e. The molecule has 2 aliphatic heterocycles. The van der Waals surface area contributed by atoms with Crippen molar-refractivity contribution in [2.24, 2.45) is 0 Å². The third-order valence-electron chi connectivity index (χ3n) is 3.74. The number of rotatable bonds is 2. The van der Waals surface area contributed by atoms with E-state index in [4.69, 9.17) is 9.47 Å². The first-order chi connectivity index (χ1) is 9.34. The molecular weight excluding hydrogens is 260 g/mol. The van der Waals surface area contributed by atoms with E-state index in [1.54, 1.807) is 12.1 Å². The summed E-state index contributed by atoms with van der Waals surface area (Å²) in [5.74, 6) is -0.517. The van der Waals surface area contributed by atoms with Crippen LogP contribution in [0, 0.1) is 0 Å². The number of hydrogen-bond donors (Lipinski definition) is 1. The SMILES string of the molecule is CCC1OC(=O)c2c1ccc1c2OC(C(C)(C)O)C1=O. The molecule has 3 rings (SSSR count). The molecule has 20 heavy (non-hydrogen) atoms. The van der Waals surface area contributed by atoms with Gasteiger partial charge in [-0.3, -0.25) is 4.79 Å². The molecule has 2 atom stereocenters. The Hall–Kier alpha value is -1.88. The summed E-state index contributed by atoms with van der Waals surface area (Å²) in [5.41, 5.74) is 0.106. The highest BCUT2D eigenvalue weighted by Gasteiger charge is 2.46. The number of esters is 1. The number of aliphatic hydroxyl groups is 1. The Kier molecular flexibility index (Phi) is 2.66. The van der Waals surface area contributed by atoms with Gasteiger partial charge in [-0.25, -0.2) is 4.79 Å². The monoisotopic (exact) mass is 276 g/mol. The fraction of sp³-hybridized carbons (Fsp3) is 0.467. The molecule has 5 heteroatoms. The minimum Gasteiger partial charge on any atom is -0.478 e. The summed E-state index contributed by atoms with van der Waals surface area (Å²) in [5, 5.41) is 10.0. The summed E-state index contributed by atoms with van der Waals surface area (Å²) in [6.07, 6.45) is -0.611. The molecule has 0 aromatic heterocycles. The van der Waals surface area contributed by atoms with Crippen molar-refractivity contribution in [1.82, 2.24) is 0 Å². The van der Waals surface area contributed by atoms with Gasteiger partial charge in [-0.15, -0.1) is 0 Å². The van der Waals surface area contributed by atoms with Gasteiger partial charge in [-0.05, 0) is 26.3 Å². The second kappa shape index (κ2) is 4.06. The van der Waals surface area contributed by atoms with Gasteiger partial charge in [0, 0.05) is 5.56 Å². The van der Waals surface area contributed by atoms with E-state index in [2.05, 4.69) is 0 Å². The number of fused-ring (bicyclic) bond motifs is 3. The quantitative estimate of drug-likeness (QED) is 0.837. The number of hydrogen-bond acceptors (Lipinski definition) is 5. The Morgan fingerprint density at radius 2 is 1.95 bits per heavy atom. The lowest BCUT2D eigenvalue weighted by Crippen LogP contribution is -2.43. The molecule has 1 aromatic rings. The maximum absolute atomic E-state index is 12.3. The number of carbonyl (C=O) groups excluding carboxylic acids is 2. The molecule has 0 spiro atoms. The smallest absolute Gasteiger partial charge is 0.342 e. The van der Waals surface area contributed by atoms with E-state index in [1.165, 1.54) is 13.8 Å². The van der Waals surface area contributed by atoms with Crippen LogP contribution in [0.2, 0.25) is 0 Å². The van der Waals surface area contributed by atoms with Crippen LogP contribution in [0.4, 0.5) is 0 Å². The van der Waals surface area contributed by atoms with Crippen LogP contribution in [0.15, 0.2) is 12.1 Å². The lowest BCUT2D eigenvalue weighted by atomic mass is 9.94. The lowest BCUT2D eigenvalue weighted by Gasteiger charge is -2.23. The van der Waals surface area contributed by atoms with Crippen LogP contribution < -0.4 is 4.74 Å². The van der Waals surface area contributed by atoms with Crippen LogP contribution in [0.5, 0.6) is 5.75 Å². The predicted octanol–water partition coefficient (Wildman–Crippen LogP) is 2.02. The minimum atomic E-state index is -1.31.